The molecule has 1 atom stereocenters. The van der Waals surface area contributed by atoms with Gasteiger partial charge in [0.15, 0.2) is 0 Å². The highest BCUT2D eigenvalue weighted by atomic mass is 31.2. The van der Waals surface area contributed by atoms with Crippen molar-refractivity contribution in [2.45, 2.75) is 63.3 Å². The zero-order valence-electron chi connectivity index (χ0n) is 18.6. The number of hydrogen-bond acceptors (Lipinski definition) is 4. The van der Waals surface area contributed by atoms with Crippen LogP contribution in [0.25, 0.3) is 10.8 Å². The van der Waals surface area contributed by atoms with Gasteiger partial charge < -0.3 is 20.3 Å². The maximum atomic E-state index is 14.0. The molecule has 12 heteroatoms. The largest absolute Gasteiger partial charge is 0.490 e. The minimum Gasteiger partial charge on any atom is -0.490 e. The number of phosphoric ester groups is 1. The van der Waals surface area contributed by atoms with Gasteiger partial charge in [-0.25, -0.2) is 13.3 Å². The molecule has 6 nitrogen and oxygen atoms in total. The summed E-state index contributed by atoms with van der Waals surface area (Å²) >= 11 is 0. The van der Waals surface area contributed by atoms with E-state index in [-0.39, 0.29) is 42.2 Å². The van der Waals surface area contributed by atoms with Crippen LogP contribution in [0.4, 0.5) is 22.0 Å². The van der Waals surface area contributed by atoms with Gasteiger partial charge in [0.05, 0.1) is 18.2 Å². The molecule has 4 N–H and O–H groups in total. The van der Waals surface area contributed by atoms with Gasteiger partial charge >= 0.3 is 14.0 Å². The zero-order chi connectivity index (χ0) is 25.5. The zero-order valence-corrected chi connectivity index (χ0v) is 19.5. The molecule has 1 aliphatic carbocycles. The topological polar surface area (TPSA) is 102 Å². The summed E-state index contributed by atoms with van der Waals surface area (Å²) in [5.74, 6) is -4.03. The molecule has 2 aromatic carbocycles. The van der Waals surface area contributed by atoms with Crippen molar-refractivity contribution in [3.8, 4) is 5.75 Å². The Kier molecular flexibility index (Phi) is 7.38. The highest BCUT2D eigenvalue weighted by molar-refractivity contribution is 7.46. The Labute approximate surface area is 193 Å². The maximum absolute atomic E-state index is 14.0. The van der Waals surface area contributed by atoms with Crippen molar-refractivity contribution >= 4 is 18.6 Å². The van der Waals surface area contributed by atoms with Gasteiger partial charge in [-0.15, -0.1) is 0 Å². The molecular formula is C22H27F5NO5P. The van der Waals surface area contributed by atoms with Crippen molar-refractivity contribution in [2.75, 3.05) is 6.61 Å². The second-order valence-electron chi connectivity index (χ2n) is 9.10. The molecule has 0 heterocycles. The van der Waals surface area contributed by atoms with Crippen molar-refractivity contribution in [3.05, 3.63) is 41.5 Å². The molecular weight excluding hydrogens is 484 g/mol. The van der Waals surface area contributed by atoms with Gasteiger partial charge in [-0.2, -0.15) is 13.2 Å². The number of nitrogens with two attached hydrogens (primary N) is 1. The van der Waals surface area contributed by atoms with Crippen LogP contribution in [0.1, 0.15) is 50.7 Å². The molecule has 1 aliphatic rings. The Morgan fingerprint density at radius 2 is 1.65 bits per heavy atom. The average molecular weight is 511 g/mol. The summed E-state index contributed by atoms with van der Waals surface area (Å²) in [5.41, 5.74) is 4.03. The number of halogens is 5. The number of phosphoric acid groups is 1. The van der Waals surface area contributed by atoms with E-state index in [0.717, 1.165) is 6.92 Å². The quantitative estimate of drug-likeness (QED) is 0.324. The number of benzene rings is 2. The molecule has 0 aliphatic heterocycles. The molecule has 1 saturated carbocycles. The van der Waals surface area contributed by atoms with Crippen molar-refractivity contribution in [2.24, 2.45) is 11.7 Å². The second-order valence-corrected chi connectivity index (χ2v) is 10.3. The molecule has 0 aromatic heterocycles. The lowest BCUT2D eigenvalue weighted by atomic mass is 9.83. The lowest BCUT2D eigenvalue weighted by molar-refractivity contribution is -0.138. The van der Waals surface area contributed by atoms with Crippen LogP contribution in [0.5, 0.6) is 5.75 Å². The Balaban J connectivity index is 1.90. The Hall–Kier alpha value is -1.78. The average Bonchev–Trinajstić information content (AvgIpc) is 2.70. The Morgan fingerprint density at radius 1 is 1.03 bits per heavy atom. The molecule has 2 aromatic rings. The smallest absolute Gasteiger partial charge is 0.469 e. The van der Waals surface area contributed by atoms with Crippen molar-refractivity contribution < 1.29 is 45.6 Å². The van der Waals surface area contributed by atoms with Crippen LogP contribution in [-0.2, 0) is 20.8 Å². The molecule has 190 valence electrons. The third kappa shape index (κ3) is 6.46. The van der Waals surface area contributed by atoms with Gasteiger partial charge in [-0.3, -0.25) is 4.52 Å². The van der Waals surface area contributed by atoms with Crippen LogP contribution in [0, 0.1) is 5.92 Å². The van der Waals surface area contributed by atoms with Crippen LogP contribution < -0.4 is 10.5 Å². The minimum absolute atomic E-state index is 0.144. The van der Waals surface area contributed by atoms with E-state index >= 15 is 0 Å². The monoisotopic (exact) mass is 511 g/mol. The fraction of sp³-hybridized carbons (Fsp3) is 0.545. The molecule has 0 spiro atoms. The van der Waals surface area contributed by atoms with Crippen LogP contribution in [-0.4, -0.2) is 28.4 Å². The van der Waals surface area contributed by atoms with Gasteiger partial charge in [0.1, 0.15) is 11.3 Å². The van der Waals surface area contributed by atoms with E-state index in [1.807, 2.05) is 0 Å². The van der Waals surface area contributed by atoms with Gasteiger partial charge in [0.25, 0.3) is 0 Å². The molecule has 3 rings (SSSR count). The third-order valence-electron chi connectivity index (χ3n) is 6.14. The predicted molar refractivity (Wildman–Crippen MR) is 115 cm³/mol. The number of hydrogen-bond donors (Lipinski definition) is 3. The van der Waals surface area contributed by atoms with Crippen molar-refractivity contribution in [3.63, 3.8) is 0 Å². The molecule has 34 heavy (non-hydrogen) atoms. The van der Waals surface area contributed by atoms with Gasteiger partial charge in [-0.05, 0) is 68.0 Å². The van der Waals surface area contributed by atoms with Crippen molar-refractivity contribution in [1.82, 2.24) is 0 Å². The summed E-state index contributed by atoms with van der Waals surface area (Å²) in [5, 5.41) is 0.0496. The number of alkyl halides is 5. The highest BCUT2D eigenvalue weighted by Gasteiger charge is 2.40. The third-order valence-corrected chi connectivity index (χ3v) is 6.61. The first-order chi connectivity index (χ1) is 15.5. The van der Waals surface area contributed by atoms with Crippen LogP contribution in [0.2, 0.25) is 0 Å². The van der Waals surface area contributed by atoms with E-state index in [0.29, 0.717) is 5.56 Å². The molecule has 0 radical (unpaired) electrons. The normalized spacial score (nSPS) is 21.9. The number of rotatable bonds is 7. The molecule has 0 saturated heterocycles. The minimum atomic E-state index is -4.79. The second kappa shape index (κ2) is 9.35. The molecule has 0 bridgehead atoms. The van der Waals surface area contributed by atoms with E-state index in [1.54, 1.807) is 0 Å². The van der Waals surface area contributed by atoms with E-state index < -0.39 is 49.7 Å². The lowest BCUT2D eigenvalue weighted by Gasteiger charge is -2.32. The summed E-state index contributed by atoms with van der Waals surface area (Å²) in [6, 6.07) is 6.56. The van der Waals surface area contributed by atoms with E-state index in [9.17, 15) is 26.5 Å². The predicted octanol–water partition coefficient (Wildman–Crippen LogP) is 5.73. The SMILES string of the molecule is CC(F)(F)[C@H]1CC[C@H](Oc2ccc3cc([C@@](C)(N)COP(=O)(O)O)ccc3c2C(F)(F)F)CC1. The summed E-state index contributed by atoms with van der Waals surface area (Å²) in [6.45, 7) is 1.72. The van der Waals surface area contributed by atoms with E-state index in [1.165, 1.54) is 37.3 Å². The summed E-state index contributed by atoms with van der Waals surface area (Å²) < 4.78 is 90.3. The first-order valence-electron chi connectivity index (χ1n) is 10.7. The van der Waals surface area contributed by atoms with E-state index in [2.05, 4.69) is 4.52 Å². The summed E-state index contributed by atoms with van der Waals surface area (Å²) in [7, 11) is -4.79. The van der Waals surface area contributed by atoms with Crippen molar-refractivity contribution in [1.29, 1.82) is 0 Å². The van der Waals surface area contributed by atoms with Crippen LogP contribution in [0.3, 0.4) is 0 Å². The Morgan fingerprint density at radius 3 is 2.18 bits per heavy atom. The molecule has 0 amide bonds. The Bertz CT molecular complexity index is 1070. The fourth-order valence-corrected chi connectivity index (χ4v) is 4.66. The fourth-order valence-electron chi connectivity index (χ4n) is 4.22. The number of ether oxygens (including phenoxy) is 1. The first kappa shape index (κ1) is 26.8. The first-order valence-corrected chi connectivity index (χ1v) is 12.2. The van der Waals surface area contributed by atoms with Crippen LogP contribution in [0.15, 0.2) is 30.3 Å². The summed E-state index contributed by atoms with van der Waals surface area (Å²) in [6.07, 6.45) is -4.56. The van der Waals surface area contributed by atoms with Gasteiger partial charge in [0, 0.05) is 5.92 Å². The van der Waals surface area contributed by atoms with Gasteiger partial charge in [0.2, 0.25) is 5.92 Å². The highest BCUT2D eigenvalue weighted by Crippen LogP contribution is 2.44. The summed E-state index contributed by atoms with van der Waals surface area (Å²) in [4.78, 5) is 17.8. The number of fused-ring (bicyclic) bond motifs is 1. The maximum Gasteiger partial charge on any atom is 0.469 e. The van der Waals surface area contributed by atoms with Gasteiger partial charge in [-0.1, -0.05) is 18.2 Å². The molecule has 0 unspecified atom stereocenters. The lowest BCUT2D eigenvalue weighted by Crippen LogP contribution is -2.37. The molecule has 1 fully saturated rings. The standard InChI is InChI=1S/C22H27F5NO5P/c1-20(28,12-32-34(29,30)31)15-6-9-17-13(11-15)3-10-18(19(17)22(25,26)27)33-16-7-4-14(5-8-16)21(2,23)24/h3,6,9-11,14,16H,4-5,7-8,12,28H2,1-2H3,(H2,29,30,31)/t14-,16-,20-/m0/s1. The van der Waals surface area contributed by atoms with E-state index in [4.69, 9.17) is 20.3 Å². The van der Waals surface area contributed by atoms with Crippen LogP contribution >= 0.6 is 7.82 Å².